The van der Waals surface area contributed by atoms with Crippen LogP contribution < -0.4 is 15.9 Å². The van der Waals surface area contributed by atoms with E-state index in [0.29, 0.717) is 0 Å². The summed E-state index contributed by atoms with van der Waals surface area (Å²) in [6, 6.07) is 23.3. The molecule has 0 heterocycles. The summed E-state index contributed by atoms with van der Waals surface area (Å²) in [6.45, 7) is 2.04. The van der Waals surface area contributed by atoms with Crippen molar-refractivity contribution in [2.45, 2.75) is 6.92 Å². The van der Waals surface area contributed by atoms with E-state index in [-0.39, 0.29) is 0 Å². The van der Waals surface area contributed by atoms with Gasteiger partial charge in [0.1, 0.15) is 0 Å². The van der Waals surface area contributed by atoms with E-state index in [9.17, 15) is 4.57 Å². The molecule has 0 saturated heterocycles. The first kappa shape index (κ1) is 16.7. The zero-order chi connectivity index (χ0) is 16.9. The summed E-state index contributed by atoms with van der Waals surface area (Å²) in [5, 5.41) is 2.69. The predicted molar refractivity (Wildman–Crippen MR) is 108 cm³/mol. The fourth-order valence-electron chi connectivity index (χ4n) is 2.48. The van der Waals surface area contributed by atoms with Crippen molar-refractivity contribution in [2.24, 2.45) is 4.99 Å². The van der Waals surface area contributed by atoms with Crippen molar-refractivity contribution in [3.63, 3.8) is 0 Å². The minimum absolute atomic E-state index is 0.807. The van der Waals surface area contributed by atoms with E-state index >= 15 is 0 Å². The topological polar surface area (TPSA) is 29.4 Å². The zero-order valence-electron chi connectivity index (χ0n) is 13.4. The molecule has 2 atom stereocenters. The molecule has 0 spiro atoms. The molecule has 0 aliphatic heterocycles. The Labute approximate surface area is 145 Å². The van der Waals surface area contributed by atoms with Crippen LogP contribution in [-0.4, -0.2) is 6.21 Å². The van der Waals surface area contributed by atoms with Gasteiger partial charge in [0.25, 0.3) is 0 Å². The van der Waals surface area contributed by atoms with Crippen LogP contribution in [0.15, 0.2) is 77.8 Å². The molecule has 0 N–H and O–H groups in total. The van der Waals surface area contributed by atoms with Gasteiger partial charge < -0.3 is 0 Å². The molecule has 4 heteroatoms. The smallest absolute Gasteiger partial charge is 0.255 e. The fraction of sp³-hybridized carbons (Fsp3) is 0.0500. The number of benzene rings is 3. The van der Waals surface area contributed by atoms with E-state index in [0.717, 1.165) is 32.7 Å². The van der Waals surface area contributed by atoms with E-state index in [2.05, 4.69) is 14.2 Å². The summed E-state index contributed by atoms with van der Waals surface area (Å²) < 4.78 is 12.9. The van der Waals surface area contributed by atoms with Crippen LogP contribution in [0.5, 0.6) is 0 Å². The van der Waals surface area contributed by atoms with Crippen LogP contribution in [0.25, 0.3) is 0 Å². The molecule has 2 unspecified atom stereocenters. The summed E-state index contributed by atoms with van der Waals surface area (Å²) in [4.78, 5) is 4.64. The molecule has 2 nitrogen and oxygen atoms in total. The van der Waals surface area contributed by atoms with Gasteiger partial charge in [0.15, 0.2) is 5.30 Å². The molecule has 3 aromatic carbocycles. The van der Waals surface area contributed by atoms with Crippen LogP contribution in [0, 0.1) is 6.92 Å². The molecule has 0 radical (unpaired) electrons. The summed E-state index contributed by atoms with van der Waals surface area (Å²) in [6.07, 6.45) is 1.81. The Morgan fingerprint density at radius 2 is 1.62 bits per heavy atom. The highest BCUT2D eigenvalue weighted by atomic mass is 31.1. The van der Waals surface area contributed by atoms with Crippen LogP contribution in [0.1, 0.15) is 11.1 Å². The second-order valence-electron chi connectivity index (χ2n) is 5.46. The van der Waals surface area contributed by atoms with Crippen molar-refractivity contribution in [1.82, 2.24) is 0 Å². The summed E-state index contributed by atoms with van der Waals surface area (Å²) in [5.41, 5.74) is 2.94. The third kappa shape index (κ3) is 3.67. The lowest BCUT2D eigenvalue weighted by Gasteiger charge is -2.03. The van der Waals surface area contributed by atoms with E-state index in [1.54, 1.807) is 6.21 Å². The van der Waals surface area contributed by atoms with Crippen LogP contribution in [0.4, 0.5) is 5.69 Å². The molecule has 0 amide bonds. The molecule has 0 fully saturated rings. The number of rotatable bonds is 4. The van der Waals surface area contributed by atoms with E-state index in [1.807, 2.05) is 79.7 Å². The Hall–Kier alpha value is -2.14. The maximum atomic E-state index is 12.9. The average molecular weight is 350 g/mol. The lowest BCUT2D eigenvalue weighted by Crippen LogP contribution is -2.11. The van der Waals surface area contributed by atoms with Crippen molar-refractivity contribution in [3.05, 3.63) is 83.9 Å². The van der Waals surface area contributed by atoms with Gasteiger partial charge in [0, 0.05) is 11.8 Å². The van der Waals surface area contributed by atoms with Crippen molar-refractivity contribution in [1.29, 1.82) is 0 Å². The molecule has 0 aliphatic rings. The normalized spacial score (nSPS) is 11.7. The Bertz CT molecular complexity index is 884. The summed E-state index contributed by atoms with van der Waals surface area (Å²) in [7, 11) is 1.08. The monoisotopic (exact) mass is 350 g/mol. The van der Waals surface area contributed by atoms with E-state index in [4.69, 9.17) is 0 Å². The molecule has 118 valence electrons. The molecule has 0 saturated carbocycles. The summed E-state index contributed by atoms with van der Waals surface area (Å²) >= 11 is 0. The first-order valence-corrected chi connectivity index (χ1v) is 9.51. The van der Waals surface area contributed by atoms with Crippen LogP contribution >= 0.6 is 17.0 Å². The minimum Gasteiger partial charge on any atom is -0.255 e. The number of aliphatic imine (C=N–C) groups is 1. The van der Waals surface area contributed by atoms with Gasteiger partial charge in [-0.25, -0.2) is 0 Å². The number of nitrogens with zero attached hydrogens (tertiary/aromatic N) is 1. The lowest BCUT2D eigenvalue weighted by atomic mass is 10.2. The molecular weight excluding hydrogens is 332 g/mol. The van der Waals surface area contributed by atoms with E-state index < -0.39 is 7.80 Å². The lowest BCUT2D eigenvalue weighted by molar-refractivity contribution is 0.598. The maximum absolute atomic E-state index is 12.9. The van der Waals surface area contributed by atoms with Gasteiger partial charge in [0.05, 0.1) is 5.69 Å². The Morgan fingerprint density at radius 3 is 2.38 bits per heavy atom. The third-order valence-electron chi connectivity index (χ3n) is 3.75. The Kier molecular flexibility index (Phi) is 5.30. The molecule has 24 heavy (non-hydrogen) atoms. The third-order valence-corrected chi connectivity index (χ3v) is 5.83. The van der Waals surface area contributed by atoms with Crippen LogP contribution in [0.2, 0.25) is 0 Å². The Morgan fingerprint density at radius 1 is 0.917 bits per heavy atom. The SMILES string of the molecule is Cc1cccc(P)c1N=Cc1ccccc1[P+](=O)c1ccccc1. The number of para-hydroxylation sites is 1. The molecule has 0 aromatic heterocycles. The van der Waals surface area contributed by atoms with Gasteiger partial charge in [0.2, 0.25) is 5.30 Å². The van der Waals surface area contributed by atoms with Crippen molar-refractivity contribution >= 4 is 44.9 Å². The number of aryl methyl sites for hydroxylation is 1. The average Bonchev–Trinajstić information content (AvgIpc) is 2.62. The molecule has 0 aliphatic carbocycles. The predicted octanol–water partition coefficient (Wildman–Crippen LogP) is 4.02. The highest BCUT2D eigenvalue weighted by molar-refractivity contribution is 7.61. The minimum atomic E-state index is -1.63. The maximum Gasteiger partial charge on any atom is 0.415 e. The Balaban J connectivity index is 1.99. The quantitative estimate of drug-likeness (QED) is 0.516. The zero-order valence-corrected chi connectivity index (χ0v) is 15.4. The molecule has 0 bridgehead atoms. The summed E-state index contributed by atoms with van der Waals surface area (Å²) in [5.74, 6) is 0. The van der Waals surface area contributed by atoms with Gasteiger partial charge in [-0.15, -0.1) is 9.24 Å². The van der Waals surface area contributed by atoms with Crippen molar-refractivity contribution in [2.75, 3.05) is 0 Å². The fourth-order valence-corrected chi connectivity index (χ4v) is 4.20. The van der Waals surface area contributed by atoms with Gasteiger partial charge >= 0.3 is 7.80 Å². The van der Waals surface area contributed by atoms with Gasteiger partial charge in [-0.2, -0.15) is 0 Å². The highest BCUT2D eigenvalue weighted by Crippen LogP contribution is 2.22. The number of hydrogen-bond acceptors (Lipinski definition) is 2. The van der Waals surface area contributed by atoms with Gasteiger partial charge in [-0.3, -0.25) is 4.99 Å². The first-order valence-electron chi connectivity index (χ1n) is 7.67. The van der Waals surface area contributed by atoms with Crippen LogP contribution in [0.3, 0.4) is 0 Å². The van der Waals surface area contributed by atoms with Crippen LogP contribution in [-0.2, 0) is 4.57 Å². The second kappa shape index (κ2) is 7.62. The first-order chi connectivity index (χ1) is 11.7. The van der Waals surface area contributed by atoms with Crippen molar-refractivity contribution < 1.29 is 4.57 Å². The van der Waals surface area contributed by atoms with E-state index in [1.165, 1.54) is 0 Å². The highest BCUT2D eigenvalue weighted by Gasteiger charge is 2.25. The molecular formula is C20H18NOP2+. The van der Waals surface area contributed by atoms with Crippen molar-refractivity contribution in [3.8, 4) is 0 Å². The molecule has 3 aromatic rings. The number of hydrogen-bond donors (Lipinski definition) is 0. The standard InChI is InChI=1S/C20H18NOP2/c1-15-8-7-12-18(23)20(15)21-14-16-9-5-6-13-19(16)24(22)17-10-3-2-4-11-17/h2-14H,23H2,1H3/q+1. The van der Waals surface area contributed by atoms with Gasteiger partial charge in [-0.05, 0) is 42.1 Å². The molecule has 3 rings (SSSR count). The van der Waals surface area contributed by atoms with Gasteiger partial charge in [-0.1, -0.05) is 53.1 Å². The second-order valence-corrected chi connectivity index (χ2v) is 7.67. The largest absolute Gasteiger partial charge is 0.415 e.